The topological polar surface area (TPSA) is 111 Å². The number of nitrogens with zero attached hydrogens (tertiary/aromatic N) is 1. The van der Waals surface area contributed by atoms with Gasteiger partial charge in [-0.05, 0) is 62.6 Å². The van der Waals surface area contributed by atoms with E-state index in [0.29, 0.717) is 24.3 Å². The van der Waals surface area contributed by atoms with E-state index in [4.69, 9.17) is 16.2 Å². The Morgan fingerprint density at radius 2 is 1.68 bits per heavy atom. The van der Waals surface area contributed by atoms with Crippen LogP contribution in [0.15, 0.2) is 48.5 Å². The van der Waals surface area contributed by atoms with E-state index in [1.54, 1.807) is 45.0 Å². The lowest BCUT2D eigenvalue weighted by Gasteiger charge is -2.26. The standard InChI is InChI=1S/C21H28N4O3/c1-21(2,3)28-20(27)25(14-16-5-4-6-18(23)13-16)19(26)24-12-11-15-7-9-17(22)10-8-15/h4-10,13H,11-12,14,22-23H2,1-3H3,(H,24,26). The quantitative estimate of drug-likeness (QED) is 0.683. The second kappa shape index (κ2) is 9.12. The maximum atomic E-state index is 12.7. The average Bonchev–Trinajstić information content (AvgIpc) is 2.60. The zero-order chi connectivity index (χ0) is 20.7. The molecule has 0 bridgehead atoms. The minimum atomic E-state index is -0.713. The van der Waals surface area contributed by atoms with E-state index in [1.807, 2.05) is 24.3 Å². The van der Waals surface area contributed by atoms with Gasteiger partial charge in [-0.2, -0.15) is 0 Å². The number of rotatable bonds is 5. The van der Waals surface area contributed by atoms with Crippen LogP contribution in [0.25, 0.3) is 0 Å². The average molecular weight is 384 g/mol. The van der Waals surface area contributed by atoms with Gasteiger partial charge in [-0.1, -0.05) is 24.3 Å². The van der Waals surface area contributed by atoms with Crippen LogP contribution in [0.5, 0.6) is 0 Å². The van der Waals surface area contributed by atoms with Gasteiger partial charge in [0.25, 0.3) is 0 Å². The Morgan fingerprint density at radius 1 is 1.00 bits per heavy atom. The van der Waals surface area contributed by atoms with Gasteiger partial charge in [-0.3, -0.25) is 0 Å². The molecule has 28 heavy (non-hydrogen) atoms. The van der Waals surface area contributed by atoms with E-state index in [1.165, 1.54) is 0 Å². The molecule has 2 aromatic carbocycles. The Bertz CT molecular complexity index is 813. The first kappa shape index (κ1) is 21.1. The Labute approximate surface area is 165 Å². The summed E-state index contributed by atoms with van der Waals surface area (Å²) in [6.07, 6.45) is -0.0909. The number of anilines is 2. The zero-order valence-electron chi connectivity index (χ0n) is 16.6. The van der Waals surface area contributed by atoms with Crippen LogP contribution in [0.3, 0.4) is 0 Å². The maximum Gasteiger partial charge on any atom is 0.418 e. The number of carbonyl (C=O) groups is 2. The monoisotopic (exact) mass is 384 g/mol. The summed E-state index contributed by atoms with van der Waals surface area (Å²) in [5, 5.41) is 2.77. The molecule has 0 aliphatic heterocycles. The van der Waals surface area contributed by atoms with Crippen LogP contribution < -0.4 is 16.8 Å². The summed E-state index contributed by atoms with van der Waals surface area (Å²) >= 11 is 0. The minimum Gasteiger partial charge on any atom is -0.443 e. The molecule has 0 fully saturated rings. The predicted molar refractivity (Wildman–Crippen MR) is 111 cm³/mol. The first-order chi connectivity index (χ1) is 13.1. The van der Waals surface area contributed by atoms with E-state index in [9.17, 15) is 9.59 Å². The number of imide groups is 1. The summed E-state index contributed by atoms with van der Waals surface area (Å²) in [6, 6.07) is 13.9. The highest BCUT2D eigenvalue weighted by Gasteiger charge is 2.27. The van der Waals surface area contributed by atoms with E-state index >= 15 is 0 Å². The van der Waals surface area contributed by atoms with Gasteiger partial charge in [0.05, 0.1) is 6.54 Å². The number of hydrogen-bond donors (Lipinski definition) is 3. The fraction of sp³-hybridized carbons (Fsp3) is 0.333. The van der Waals surface area contributed by atoms with Crippen molar-refractivity contribution in [1.82, 2.24) is 10.2 Å². The molecule has 0 spiro atoms. The van der Waals surface area contributed by atoms with Crippen LogP contribution in [0.1, 0.15) is 31.9 Å². The molecule has 0 saturated carbocycles. The van der Waals surface area contributed by atoms with Crippen molar-refractivity contribution in [2.24, 2.45) is 0 Å². The van der Waals surface area contributed by atoms with E-state index in [-0.39, 0.29) is 6.54 Å². The number of amides is 3. The van der Waals surface area contributed by atoms with Crippen molar-refractivity contribution in [3.63, 3.8) is 0 Å². The highest BCUT2D eigenvalue weighted by molar-refractivity contribution is 5.91. The molecule has 150 valence electrons. The largest absolute Gasteiger partial charge is 0.443 e. The van der Waals surface area contributed by atoms with Crippen molar-refractivity contribution >= 4 is 23.5 Å². The Kier molecular flexibility index (Phi) is 6.87. The molecule has 0 aliphatic rings. The summed E-state index contributed by atoms with van der Waals surface area (Å²) in [4.78, 5) is 26.3. The summed E-state index contributed by atoms with van der Waals surface area (Å²) in [5.74, 6) is 0. The van der Waals surface area contributed by atoms with Gasteiger partial charge in [-0.25, -0.2) is 14.5 Å². The molecule has 0 saturated heterocycles. The van der Waals surface area contributed by atoms with Crippen molar-refractivity contribution in [1.29, 1.82) is 0 Å². The number of nitrogens with two attached hydrogens (primary N) is 2. The lowest BCUT2D eigenvalue weighted by Crippen LogP contribution is -2.46. The fourth-order valence-electron chi connectivity index (χ4n) is 2.50. The highest BCUT2D eigenvalue weighted by Crippen LogP contribution is 2.15. The minimum absolute atomic E-state index is 0.0632. The first-order valence-corrected chi connectivity index (χ1v) is 9.11. The van der Waals surface area contributed by atoms with Gasteiger partial charge >= 0.3 is 12.1 Å². The molecule has 7 nitrogen and oxygen atoms in total. The van der Waals surface area contributed by atoms with Gasteiger partial charge < -0.3 is 21.5 Å². The molecule has 0 radical (unpaired) electrons. The van der Waals surface area contributed by atoms with Crippen LogP contribution in [-0.2, 0) is 17.7 Å². The smallest absolute Gasteiger partial charge is 0.418 e. The van der Waals surface area contributed by atoms with E-state index < -0.39 is 17.7 Å². The highest BCUT2D eigenvalue weighted by atomic mass is 16.6. The van der Waals surface area contributed by atoms with Crippen molar-refractivity contribution in [2.75, 3.05) is 18.0 Å². The van der Waals surface area contributed by atoms with Crippen molar-refractivity contribution in [2.45, 2.75) is 39.3 Å². The van der Waals surface area contributed by atoms with Crippen molar-refractivity contribution < 1.29 is 14.3 Å². The van der Waals surface area contributed by atoms with Gasteiger partial charge in [0.2, 0.25) is 0 Å². The molecular formula is C21H28N4O3. The van der Waals surface area contributed by atoms with Crippen LogP contribution >= 0.6 is 0 Å². The molecule has 2 aromatic rings. The Balaban J connectivity index is 2.04. The molecule has 0 unspecified atom stereocenters. The summed E-state index contributed by atoms with van der Waals surface area (Å²) in [6.45, 7) is 5.69. The predicted octanol–water partition coefficient (Wildman–Crippen LogP) is 3.54. The van der Waals surface area contributed by atoms with Gasteiger partial charge in [0.15, 0.2) is 0 Å². The molecule has 7 heteroatoms. The van der Waals surface area contributed by atoms with E-state index in [0.717, 1.165) is 16.0 Å². The zero-order valence-corrected chi connectivity index (χ0v) is 16.6. The van der Waals surface area contributed by atoms with Crippen LogP contribution in [0.4, 0.5) is 21.0 Å². The summed E-state index contributed by atoms with van der Waals surface area (Å²) < 4.78 is 5.38. The second-order valence-corrected chi connectivity index (χ2v) is 7.54. The number of carbonyl (C=O) groups excluding carboxylic acids is 2. The second-order valence-electron chi connectivity index (χ2n) is 7.54. The number of ether oxygens (including phenoxy) is 1. The van der Waals surface area contributed by atoms with Gasteiger partial charge in [-0.15, -0.1) is 0 Å². The van der Waals surface area contributed by atoms with Crippen LogP contribution in [0.2, 0.25) is 0 Å². The molecule has 2 rings (SSSR count). The molecule has 0 aromatic heterocycles. The van der Waals surface area contributed by atoms with Crippen LogP contribution in [-0.4, -0.2) is 29.2 Å². The number of benzene rings is 2. The molecule has 0 heterocycles. The SMILES string of the molecule is CC(C)(C)OC(=O)N(Cc1cccc(N)c1)C(=O)NCCc1ccc(N)cc1. The third-order valence-corrected chi connectivity index (χ3v) is 3.82. The summed E-state index contributed by atoms with van der Waals surface area (Å²) in [5.41, 5.74) is 13.8. The van der Waals surface area contributed by atoms with Crippen LogP contribution in [0, 0.1) is 0 Å². The van der Waals surface area contributed by atoms with Gasteiger partial charge in [0.1, 0.15) is 5.60 Å². The first-order valence-electron chi connectivity index (χ1n) is 9.11. The summed E-state index contributed by atoms with van der Waals surface area (Å²) in [7, 11) is 0. The number of nitrogen functional groups attached to an aromatic ring is 2. The Morgan fingerprint density at radius 3 is 2.29 bits per heavy atom. The normalized spacial score (nSPS) is 11.0. The molecule has 3 amide bonds. The molecule has 0 aliphatic carbocycles. The number of hydrogen-bond acceptors (Lipinski definition) is 5. The third-order valence-electron chi connectivity index (χ3n) is 3.82. The van der Waals surface area contributed by atoms with Crippen molar-refractivity contribution in [3.05, 3.63) is 59.7 Å². The van der Waals surface area contributed by atoms with Gasteiger partial charge in [0, 0.05) is 17.9 Å². The molecule has 5 N–H and O–H groups in total. The molecular weight excluding hydrogens is 356 g/mol. The lowest BCUT2D eigenvalue weighted by atomic mass is 10.1. The lowest BCUT2D eigenvalue weighted by molar-refractivity contribution is 0.0309. The van der Waals surface area contributed by atoms with E-state index in [2.05, 4.69) is 5.32 Å². The Hall–Kier alpha value is -3.22. The molecule has 0 atom stereocenters. The number of urea groups is 1. The maximum absolute atomic E-state index is 12.7. The number of nitrogens with one attached hydrogen (secondary N) is 1. The van der Waals surface area contributed by atoms with Crippen molar-refractivity contribution in [3.8, 4) is 0 Å². The third kappa shape index (κ3) is 6.83. The fourth-order valence-corrected chi connectivity index (χ4v) is 2.50.